The van der Waals surface area contributed by atoms with Crippen molar-refractivity contribution in [2.75, 3.05) is 4.90 Å². The average molecular weight is 799 g/mol. The van der Waals surface area contributed by atoms with Gasteiger partial charge in [0, 0.05) is 43.5 Å². The average Bonchev–Trinajstić information content (AvgIpc) is 3.67. The number of rotatable bonds is 8. The third kappa shape index (κ3) is 6.62. The van der Waals surface area contributed by atoms with Crippen molar-refractivity contribution in [1.29, 1.82) is 0 Å². The maximum Gasteiger partial charge on any atom is 0.162 e. The van der Waals surface area contributed by atoms with Crippen LogP contribution in [0.3, 0.4) is 0 Å². The van der Waals surface area contributed by atoms with Gasteiger partial charge in [-0.15, -0.1) is 0 Å². The van der Waals surface area contributed by atoms with Gasteiger partial charge in [0.2, 0.25) is 0 Å². The smallest absolute Gasteiger partial charge is 0.162 e. The number of hydrogen-bond donors (Lipinski definition) is 0. The predicted octanol–water partition coefficient (Wildman–Crippen LogP) is 15.3. The molecule has 0 amide bonds. The summed E-state index contributed by atoms with van der Waals surface area (Å²) in [5.41, 5.74) is 11.8. The first-order chi connectivity index (χ1) is 30.2. The van der Waals surface area contributed by atoms with Crippen LogP contribution in [0.15, 0.2) is 229 Å². The van der Waals surface area contributed by atoms with Gasteiger partial charge >= 0.3 is 0 Å². The Kier molecular flexibility index (Phi) is 9.21. The third-order valence-electron chi connectivity index (χ3n) is 11.4. The monoisotopic (exact) mass is 798 g/mol. The molecule has 0 radical (unpaired) electrons. The molecule has 4 nitrogen and oxygen atoms in total. The highest BCUT2D eigenvalue weighted by Gasteiger charge is 2.25. The van der Waals surface area contributed by atoms with Gasteiger partial charge in [0.15, 0.2) is 5.82 Å². The number of benzene rings is 8. The van der Waals surface area contributed by atoms with Gasteiger partial charge in [0.1, 0.15) is 5.82 Å². The molecule has 288 valence electrons. The summed E-state index contributed by atoms with van der Waals surface area (Å²) < 4.78 is 2.30. The highest BCUT2D eigenvalue weighted by molar-refractivity contribution is 7.99. The van der Waals surface area contributed by atoms with Gasteiger partial charge in [-0.1, -0.05) is 176 Å². The minimum atomic E-state index is 0.606. The van der Waals surface area contributed by atoms with Crippen LogP contribution in [0.25, 0.3) is 72.4 Å². The van der Waals surface area contributed by atoms with Crippen LogP contribution in [0.4, 0.5) is 17.1 Å². The molecule has 8 aromatic carbocycles. The molecular formula is C56H38N4S. The van der Waals surface area contributed by atoms with Crippen LogP contribution >= 0.6 is 11.8 Å². The minimum Gasteiger partial charge on any atom is -0.308 e. The zero-order chi connectivity index (χ0) is 40.7. The number of para-hydroxylation sites is 2. The first kappa shape index (κ1) is 36.4. The first-order valence-electron chi connectivity index (χ1n) is 20.4. The van der Waals surface area contributed by atoms with E-state index in [4.69, 9.17) is 9.97 Å². The fraction of sp³-hybridized carbons (Fsp3) is 0. The van der Waals surface area contributed by atoms with Crippen LogP contribution in [0.2, 0.25) is 0 Å². The van der Waals surface area contributed by atoms with E-state index in [1.807, 2.05) is 54.3 Å². The predicted molar refractivity (Wildman–Crippen MR) is 257 cm³/mol. The molecule has 10 aromatic rings. The van der Waals surface area contributed by atoms with E-state index in [2.05, 4.69) is 192 Å². The lowest BCUT2D eigenvalue weighted by Gasteiger charge is -2.33. The quantitative estimate of drug-likeness (QED) is 0.143. The molecule has 5 heteroatoms. The van der Waals surface area contributed by atoms with Crippen molar-refractivity contribution < 1.29 is 0 Å². The molecule has 0 saturated heterocycles. The van der Waals surface area contributed by atoms with Crippen LogP contribution < -0.4 is 4.90 Å². The molecule has 61 heavy (non-hydrogen) atoms. The highest BCUT2D eigenvalue weighted by atomic mass is 32.2. The number of nitrogens with zero attached hydrogens (tertiary/aromatic N) is 4. The third-order valence-corrected chi connectivity index (χ3v) is 12.5. The van der Waals surface area contributed by atoms with E-state index in [9.17, 15) is 0 Å². The van der Waals surface area contributed by atoms with Crippen molar-refractivity contribution in [2.45, 2.75) is 9.79 Å². The van der Waals surface area contributed by atoms with Crippen LogP contribution in [0.5, 0.6) is 0 Å². The van der Waals surface area contributed by atoms with Crippen LogP contribution in [0, 0.1) is 0 Å². The molecule has 2 aromatic heterocycles. The van der Waals surface area contributed by atoms with E-state index in [0.717, 1.165) is 55.9 Å². The van der Waals surface area contributed by atoms with E-state index in [0.29, 0.717) is 5.82 Å². The summed E-state index contributed by atoms with van der Waals surface area (Å²) in [7, 11) is 0. The summed E-state index contributed by atoms with van der Waals surface area (Å²) in [6, 6.07) is 68.9. The molecule has 0 bridgehead atoms. The second-order valence-corrected chi connectivity index (χ2v) is 16.2. The van der Waals surface area contributed by atoms with E-state index in [1.54, 1.807) is 0 Å². The Labute approximate surface area is 359 Å². The Balaban J connectivity index is 1.09. The Morgan fingerprint density at radius 2 is 1.23 bits per heavy atom. The zero-order valence-electron chi connectivity index (χ0n) is 33.2. The zero-order valence-corrected chi connectivity index (χ0v) is 34.0. The normalized spacial score (nSPS) is 12.6. The van der Waals surface area contributed by atoms with Gasteiger partial charge in [-0.2, -0.15) is 0 Å². The molecule has 0 spiro atoms. The molecule has 0 fully saturated rings. The van der Waals surface area contributed by atoms with Crippen molar-refractivity contribution in [3.8, 4) is 28.2 Å². The summed E-state index contributed by atoms with van der Waals surface area (Å²) in [6.07, 6.45) is 7.99. The molecule has 11 rings (SSSR count). The van der Waals surface area contributed by atoms with E-state index in [-0.39, 0.29) is 0 Å². The van der Waals surface area contributed by atoms with Crippen molar-refractivity contribution in [3.05, 3.63) is 230 Å². The number of aromatic nitrogens is 3. The lowest BCUT2D eigenvalue weighted by molar-refractivity contribution is 1.02. The molecule has 0 unspecified atom stereocenters. The molecule has 1 aliphatic heterocycles. The van der Waals surface area contributed by atoms with Crippen LogP contribution in [-0.4, -0.2) is 14.5 Å². The maximum atomic E-state index is 5.33. The van der Waals surface area contributed by atoms with Gasteiger partial charge in [-0.3, -0.25) is 4.57 Å². The number of fused-ring (bicyclic) bond motifs is 7. The van der Waals surface area contributed by atoms with Gasteiger partial charge in [-0.25, -0.2) is 9.97 Å². The van der Waals surface area contributed by atoms with E-state index in [1.165, 1.54) is 42.9 Å². The molecule has 1 aliphatic rings. The number of allylic oxidation sites excluding steroid dienone is 4. The molecule has 3 heterocycles. The van der Waals surface area contributed by atoms with Gasteiger partial charge in [0.05, 0.1) is 28.1 Å². The maximum absolute atomic E-state index is 5.33. The summed E-state index contributed by atoms with van der Waals surface area (Å²) in [5, 5.41) is 4.75. The fourth-order valence-corrected chi connectivity index (χ4v) is 9.60. The minimum absolute atomic E-state index is 0.606. The highest BCUT2D eigenvalue weighted by Crippen LogP contribution is 2.52. The topological polar surface area (TPSA) is 34.0 Å². The van der Waals surface area contributed by atoms with Crippen molar-refractivity contribution in [1.82, 2.24) is 14.5 Å². The van der Waals surface area contributed by atoms with Gasteiger partial charge < -0.3 is 4.90 Å². The van der Waals surface area contributed by atoms with Crippen molar-refractivity contribution in [2.24, 2.45) is 0 Å². The SMILES string of the molecule is C=C/C(=C\C=C\c1ccccc1)c1nc(-c2ccccc2)cc(-n2c3ccc(-c4ccc5c(c4)Sc4ccccc4N5c4ccccc4)cc3c3c4ccccc4ccc32)n1. The molecule has 0 aliphatic carbocycles. The summed E-state index contributed by atoms with van der Waals surface area (Å²) in [5.74, 6) is 1.39. The second kappa shape index (κ2) is 15.5. The lowest BCUT2D eigenvalue weighted by atomic mass is 9.99. The Bertz CT molecular complexity index is 3350. The Morgan fingerprint density at radius 3 is 2.07 bits per heavy atom. The van der Waals surface area contributed by atoms with Gasteiger partial charge in [-0.05, 0) is 82.1 Å². The van der Waals surface area contributed by atoms with E-state index < -0.39 is 0 Å². The molecule has 0 N–H and O–H groups in total. The molecule has 0 saturated carbocycles. The second-order valence-electron chi connectivity index (χ2n) is 15.1. The fourth-order valence-electron chi connectivity index (χ4n) is 8.50. The first-order valence-corrected chi connectivity index (χ1v) is 21.3. The van der Waals surface area contributed by atoms with Crippen LogP contribution in [-0.2, 0) is 0 Å². The summed E-state index contributed by atoms with van der Waals surface area (Å²) >= 11 is 1.83. The lowest BCUT2D eigenvalue weighted by Crippen LogP contribution is -2.14. The van der Waals surface area contributed by atoms with Gasteiger partial charge in [0.25, 0.3) is 0 Å². The molecular weight excluding hydrogens is 761 g/mol. The summed E-state index contributed by atoms with van der Waals surface area (Å²) in [6.45, 7) is 4.19. The summed E-state index contributed by atoms with van der Waals surface area (Å²) in [4.78, 5) is 15.3. The Hall–Kier alpha value is -7.73. The largest absolute Gasteiger partial charge is 0.308 e. The number of hydrogen-bond acceptors (Lipinski definition) is 4. The Morgan fingerprint density at radius 1 is 0.541 bits per heavy atom. The number of anilines is 3. The standard InChI is InChI=1S/C56H38N4S/c1-2-39(23-16-19-38-17-6-3-7-18-38)56-57-47(41-21-8-4-9-22-41)37-54(58-56)60-48-32-30-42(35-46(48)55-45-26-13-12-20-40(45)29-34-51(55)60)43-31-33-50-53(36-43)61-52-28-15-14-27-49(52)59(50)44-24-10-5-11-25-44/h2-37H,1H2/b19-16+,39-23+. The molecule has 0 atom stereocenters. The van der Waals surface area contributed by atoms with Crippen LogP contribution in [0.1, 0.15) is 11.4 Å². The van der Waals surface area contributed by atoms with Crippen molar-refractivity contribution in [3.63, 3.8) is 0 Å². The van der Waals surface area contributed by atoms with E-state index >= 15 is 0 Å². The van der Waals surface area contributed by atoms with Crippen molar-refractivity contribution >= 4 is 73.1 Å².